The molecule has 1 saturated heterocycles. The van der Waals surface area contributed by atoms with E-state index in [9.17, 15) is 23.1 Å². The standard InChI is InChI=1S/C18H19Cl2NO5S/c1-17(2)9-3-4-18(17)8-27(25,26)21(14(18)5-9)15(22)10-6-12(19)13(20)7-11(10)16(23)24/h6-7,9,14H,3-5,8H2,1-2H3,(H,23,24)/t9-,14-,18-/m1/s1. The molecule has 146 valence electrons. The highest BCUT2D eigenvalue weighted by Gasteiger charge is 2.72. The van der Waals surface area contributed by atoms with Crippen molar-refractivity contribution in [3.05, 3.63) is 33.3 Å². The van der Waals surface area contributed by atoms with Gasteiger partial charge in [0.2, 0.25) is 10.0 Å². The first-order valence-electron chi connectivity index (χ1n) is 8.71. The molecule has 1 aliphatic heterocycles. The molecular weight excluding hydrogens is 413 g/mol. The smallest absolute Gasteiger partial charge is 0.336 e. The lowest BCUT2D eigenvalue weighted by Gasteiger charge is -2.37. The summed E-state index contributed by atoms with van der Waals surface area (Å²) < 4.78 is 26.9. The van der Waals surface area contributed by atoms with E-state index in [0.29, 0.717) is 12.3 Å². The summed E-state index contributed by atoms with van der Waals surface area (Å²) in [4.78, 5) is 24.9. The molecule has 1 amide bonds. The van der Waals surface area contributed by atoms with E-state index in [0.717, 1.165) is 29.3 Å². The molecule has 2 bridgehead atoms. The summed E-state index contributed by atoms with van der Waals surface area (Å²) in [6.07, 6.45) is 2.32. The van der Waals surface area contributed by atoms with Gasteiger partial charge in [0, 0.05) is 5.41 Å². The van der Waals surface area contributed by atoms with Crippen LogP contribution in [0.3, 0.4) is 0 Å². The fourth-order valence-corrected chi connectivity index (χ4v) is 8.43. The summed E-state index contributed by atoms with van der Waals surface area (Å²) in [6.45, 7) is 4.16. The largest absolute Gasteiger partial charge is 0.478 e. The van der Waals surface area contributed by atoms with Gasteiger partial charge in [0.25, 0.3) is 5.91 Å². The second kappa shape index (κ2) is 5.61. The first kappa shape index (κ1) is 19.0. The van der Waals surface area contributed by atoms with Gasteiger partial charge in [0.05, 0.1) is 33.0 Å². The van der Waals surface area contributed by atoms with Crippen LogP contribution >= 0.6 is 23.2 Å². The summed E-state index contributed by atoms with van der Waals surface area (Å²) in [5.74, 6) is -1.93. The van der Waals surface area contributed by atoms with Crippen molar-refractivity contribution in [1.29, 1.82) is 0 Å². The number of sulfonamides is 1. The molecule has 1 heterocycles. The van der Waals surface area contributed by atoms with Crippen LogP contribution in [0.5, 0.6) is 0 Å². The zero-order valence-electron chi connectivity index (χ0n) is 14.8. The number of carboxylic acid groups (broad SMARTS) is 1. The second-order valence-corrected chi connectivity index (χ2v) is 11.0. The molecule has 27 heavy (non-hydrogen) atoms. The Bertz CT molecular complexity index is 990. The zero-order chi connectivity index (χ0) is 19.9. The van der Waals surface area contributed by atoms with Crippen LogP contribution in [0.1, 0.15) is 53.8 Å². The molecule has 4 rings (SSSR count). The van der Waals surface area contributed by atoms with Crippen molar-refractivity contribution in [2.24, 2.45) is 16.7 Å². The van der Waals surface area contributed by atoms with Gasteiger partial charge in [-0.25, -0.2) is 17.5 Å². The molecule has 1 N–H and O–H groups in total. The topological polar surface area (TPSA) is 91.8 Å². The molecule has 3 aliphatic rings. The SMILES string of the molecule is CC1(C)[C@@H]2CC[C@]13CS(=O)(=O)N(C(=O)c1cc(Cl)c(Cl)cc1C(=O)O)[C@@H]3C2. The number of carboxylic acids is 1. The Hall–Kier alpha value is -1.31. The molecule has 9 heteroatoms. The quantitative estimate of drug-likeness (QED) is 0.770. The molecular formula is C18H19Cl2NO5S. The molecule has 3 fully saturated rings. The number of hydrogen-bond acceptors (Lipinski definition) is 4. The van der Waals surface area contributed by atoms with Crippen LogP contribution in [-0.2, 0) is 10.0 Å². The highest BCUT2D eigenvalue weighted by molar-refractivity contribution is 7.90. The Labute approximate surface area is 167 Å². The number of amides is 1. The van der Waals surface area contributed by atoms with Gasteiger partial charge in [-0.2, -0.15) is 0 Å². The van der Waals surface area contributed by atoms with Crippen molar-refractivity contribution in [2.45, 2.75) is 39.2 Å². The van der Waals surface area contributed by atoms with Crippen LogP contribution < -0.4 is 0 Å². The molecule has 0 radical (unpaired) electrons. The zero-order valence-corrected chi connectivity index (χ0v) is 17.2. The van der Waals surface area contributed by atoms with Gasteiger partial charge in [-0.05, 0) is 42.7 Å². The molecule has 1 spiro atoms. The Morgan fingerprint density at radius 1 is 1.19 bits per heavy atom. The van der Waals surface area contributed by atoms with Crippen LogP contribution in [-0.4, -0.2) is 41.5 Å². The predicted octanol–water partition coefficient (Wildman–Crippen LogP) is 3.67. The summed E-state index contributed by atoms with van der Waals surface area (Å²) in [5, 5.41) is 9.45. The van der Waals surface area contributed by atoms with Crippen molar-refractivity contribution in [3.8, 4) is 0 Å². The van der Waals surface area contributed by atoms with E-state index < -0.39 is 33.4 Å². The predicted molar refractivity (Wildman–Crippen MR) is 101 cm³/mol. The van der Waals surface area contributed by atoms with Gasteiger partial charge in [-0.15, -0.1) is 0 Å². The van der Waals surface area contributed by atoms with Crippen molar-refractivity contribution in [1.82, 2.24) is 4.31 Å². The van der Waals surface area contributed by atoms with E-state index in [1.165, 1.54) is 0 Å². The third kappa shape index (κ3) is 2.34. The Morgan fingerprint density at radius 3 is 2.33 bits per heavy atom. The number of hydrogen-bond donors (Lipinski definition) is 1. The number of nitrogens with zero attached hydrogens (tertiary/aromatic N) is 1. The van der Waals surface area contributed by atoms with Gasteiger partial charge in [-0.3, -0.25) is 4.79 Å². The normalized spacial score (nSPS) is 32.5. The summed E-state index contributed by atoms with van der Waals surface area (Å²) in [6, 6.07) is 1.79. The minimum atomic E-state index is -3.86. The number of benzene rings is 1. The maximum absolute atomic E-state index is 13.3. The number of fused-ring (bicyclic) bond motifs is 1. The maximum atomic E-state index is 13.3. The van der Waals surface area contributed by atoms with E-state index in [1.807, 2.05) is 0 Å². The second-order valence-electron chi connectivity index (χ2n) is 8.34. The number of carbonyl (C=O) groups is 2. The van der Waals surface area contributed by atoms with Crippen molar-refractivity contribution < 1.29 is 23.1 Å². The molecule has 1 aromatic rings. The third-order valence-electron chi connectivity index (χ3n) is 7.13. The summed E-state index contributed by atoms with van der Waals surface area (Å²) >= 11 is 11.9. The van der Waals surface area contributed by atoms with Crippen LogP contribution in [0, 0.1) is 16.7 Å². The molecule has 6 nitrogen and oxygen atoms in total. The third-order valence-corrected chi connectivity index (χ3v) is 9.75. The lowest BCUT2D eigenvalue weighted by atomic mass is 9.69. The summed E-state index contributed by atoms with van der Waals surface area (Å²) in [5.41, 5.74) is -1.27. The number of carbonyl (C=O) groups excluding carboxylic acids is 1. The Balaban J connectivity index is 1.84. The van der Waals surface area contributed by atoms with Crippen molar-refractivity contribution >= 4 is 45.1 Å². The van der Waals surface area contributed by atoms with Gasteiger partial charge in [0.15, 0.2) is 0 Å². The minimum absolute atomic E-state index is 0.00426. The van der Waals surface area contributed by atoms with E-state index in [-0.39, 0.29) is 32.3 Å². The highest BCUT2D eigenvalue weighted by Crippen LogP contribution is 2.70. The Kier molecular flexibility index (Phi) is 3.95. The lowest BCUT2D eigenvalue weighted by Crippen LogP contribution is -2.44. The number of rotatable bonds is 2. The summed E-state index contributed by atoms with van der Waals surface area (Å²) in [7, 11) is -3.86. The van der Waals surface area contributed by atoms with E-state index >= 15 is 0 Å². The monoisotopic (exact) mass is 431 g/mol. The van der Waals surface area contributed by atoms with Gasteiger partial charge in [0.1, 0.15) is 0 Å². The van der Waals surface area contributed by atoms with Gasteiger partial charge in [-0.1, -0.05) is 37.0 Å². The molecule has 0 unspecified atom stereocenters. The highest BCUT2D eigenvalue weighted by atomic mass is 35.5. The van der Waals surface area contributed by atoms with Crippen LogP contribution in [0.25, 0.3) is 0 Å². The van der Waals surface area contributed by atoms with E-state index in [2.05, 4.69) is 13.8 Å². The molecule has 0 aromatic heterocycles. The number of halogens is 2. The van der Waals surface area contributed by atoms with Crippen LogP contribution in [0.2, 0.25) is 10.0 Å². The van der Waals surface area contributed by atoms with Gasteiger partial charge < -0.3 is 5.11 Å². The van der Waals surface area contributed by atoms with Crippen molar-refractivity contribution in [3.63, 3.8) is 0 Å². The lowest BCUT2D eigenvalue weighted by molar-refractivity contribution is 0.0658. The minimum Gasteiger partial charge on any atom is -0.478 e. The van der Waals surface area contributed by atoms with E-state index in [1.54, 1.807) is 0 Å². The average molecular weight is 432 g/mol. The average Bonchev–Trinajstić information content (AvgIpc) is 3.03. The van der Waals surface area contributed by atoms with Gasteiger partial charge >= 0.3 is 5.97 Å². The first-order valence-corrected chi connectivity index (χ1v) is 11.1. The molecule has 1 aromatic carbocycles. The first-order chi connectivity index (χ1) is 12.4. The van der Waals surface area contributed by atoms with Crippen molar-refractivity contribution in [2.75, 3.05) is 5.75 Å². The molecule has 2 saturated carbocycles. The van der Waals surface area contributed by atoms with Crippen LogP contribution in [0.4, 0.5) is 0 Å². The van der Waals surface area contributed by atoms with Crippen LogP contribution in [0.15, 0.2) is 12.1 Å². The van der Waals surface area contributed by atoms with E-state index in [4.69, 9.17) is 23.2 Å². The number of aromatic carboxylic acids is 1. The fourth-order valence-electron chi connectivity index (χ4n) is 5.58. The molecule has 2 aliphatic carbocycles. The fraction of sp³-hybridized carbons (Fsp3) is 0.556. The Morgan fingerprint density at radius 2 is 1.78 bits per heavy atom. The molecule has 3 atom stereocenters. The maximum Gasteiger partial charge on any atom is 0.336 e.